The minimum atomic E-state index is -0.396. The number of methoxy groups -OCH3 is 1. The van der Waals surface area contributed by atoms with E-state index in [0.29, 0.717) is 29.9 Å². The van der Waals surface area contributed by atoms with Crippen molar-refractivity contribution in [3.63, 3.8) is 0 Å². The molecule has 1 aliphatic rings. The number of pyridine rings is 1. The first-order chi connectivity index (χ1) is 14.6. The molecule has 1 unspecified atom stereocenters. The van der Waals surface area contributed by atoms with Gasteiger partial charge in [-0.15, -0.1) is 0 Å². The van der Waals surface area contributed by atoms with Crippen molar-refractivity contribution in [3.05, 3.63) is 78.4 Å². The highest BCUT2D eigenvalue weighted by Gasteiger charge is 2.37. The molecule has 1 fully saturated rings. The van der Waals surface area contributed by atoms with E-state index in [0.717, 1.165) is 11.3 Å². The van der Waals surface area contributed by atoms with E-state index in [2.05, 4.69) is 4.98 Å². The van der Waals surface area contributed by atoms with E-state index < -0.39 is 5.82 Å². The first-order valence-corrected chi connectivity index (χ1v) is 9.62. The van der Waals surface area contributed by atoms with Gasteiger partial charge in [0, 0.05) is 24.0 Å². The normalized spacial score (nSPS) is 16.2. The van der Waals surface area contributed by atoms with Gasteiger partial charge in [0.05, 0.1) is 32.5 Å². The van der Waals surface area contributed by atoms with Crippen LogP contribution in [-0.2, 0) is 6.54 Å². The lowest BCUT2D eigenvalue weighted by atomic mass is 10.1. The molecule has 2 heterocycles. The molecule has 1 aromatic heterocycles. The van der Waals surface area contributed by atoms with Gasteiger partial charge in [0.2, 0.25) is 0 Å². The van der Waals surface area contributed by atoms with Gasteiger partial charge in [-0.3, -0.25) is 9.88 Å². The van der Waals surface area contributed by atoms with Crippen molar-refractivity contribution in [1.29, 1.82) is 0 Å². The molecular formula is C23H22FN3O3. The molecule has 1 aliphatic heterocycles. The molecule has 0 saturated carbocycles. The summed E-state index contributed by atoms with van der Waals surface area (Å²) in [5.74, 6) is 0.322. The van der Waals surface area contributed by atoms with Crippen molar-refractivity contribution in [2.24, 2.45) is 0 Å². The van der Waals surface area contributed by atoms with Crippen molar-refractivity contribution < 1.29 is 19.0 Å². The van der Waals surface area contributed by atoms with Crippen molar-refractivity contribution in [2.75, 3.05) is 25.2 Å². The van der Waals surface area contributed by atoms with Crippen molar-refractivity contribution in [1.82, 2.24) is 9.88 Å². The summed E-state index contributed by atoms with van der Waals surface area (Å²) in [4.78, 5) is 20.1. The van der Waals surface area contributed by atoms with Gasteiger partial charge < -0.3 is 14.7 Å². The standard InChI is InChI=1S/C23H22FN3O3/c1-30-20-4-2-3-16(11-20)13-26-19(15-28)14-27(23(26)29)18-7-5-17(6-8-18)21-9-10-25-12-22(21)24/h2-12,19,28H,13-15H2,1H3. The third-order valence-corrected chi connectivity index (χ3v) is 5.27. The monoisotopic (exact) mass is 407 g/mol. The second-order valence-electron chi connectivity index (χ2n) is 7.11. The summed E-state index contributed by atoms with van der Waals surface area (Å²) < 4.78 is 19.2. The molecule has 2 aromatic carbocycles. The Hall–Kier alpha value is -3.45. The van der Waals surface area contributed by atoms with Crippen molar-refractivity contribution in [2.45, 2.75) is 12.6 Å². The number of nitrogens with zero attached hydrogens (tertiary/aromatic N) is 3. The molecular weight excluding hydrogens is 385 g/mol. The molecule has 0 radical (unpaired) electrons. The fourth-order valence-corrected chi connectivity index (χ4v) is 3.67. The van der Waals surface area contributed by atoms with Crippen molar-refractivity contribution in [3.8, 4) is 16.9 Å². The van der Waals surface area contributed by atoms with Gasteiger partial charge in [0.1, 0.15) is 11.6 Å². The summed E-state index contributed by atoms with van der Waals surface area (Å²) >= 11 is 0. The molecule has 1 atom stereocenters. The number of anilines is 1. The molecule has 1 N–H and O–H groups in total. The minimum Gasteiger partial charge on any atom is -0.497 e. The third kappa shape index (κ3) is 3.84. The maximum atomic E-state index is 14.0. The Morgan fingerprint density at radius 3 is 2.70 bits per heavy atom. The number of carbonyl (C=O) groups is 1. The van der Waals surface area contributed by atoms with Crippen LogP contribution in [0.25, 0.3) is 11.1 Å². The number of amides is 2. The first-order valence-electron chi connectivity index (χ1n) is 9.62. The highest BCUT2D eigenvalue weighted by molar-refractivity contribution is 5.95. The third-order valence-electron chi connectivity index (χ3n) is 5.27. The van der Waals surface area contributed by atoms with Crippen LogP contribution in [0.2, 0.25) is 0 Å². The number of ether oxygens (including phenoxy) is 1. The van der Waals surface area contributed by atoms with E-state index in [4.69, 9.17) is 4.74 Å². The molecule has 0 spiro atoms. The zero-order chi connectivity index (χ0) is 21.1. The highest BCUT2D eigenvalue weighted by atomic mass is 19.1. The predicted molar refractivity (Wildman–Crippen MR) is 112 cm³/mol. The average Bonchev–Trinajstić information content (AvgIpc) is 3.10. The van der Waals surface area contributed by atoms with Crippen LogP contribution in [0.15, 0.2) is 67.0 Å². The number of carbonyl (C=O) groups excluding carboxylic acids is 1. The summed E-state index contributed by atoms with van der Waals surface area (Å²) in [7, 11) is 1.60. The van der Waals surface area contributed by atoms with Crippen LogP contribution < -0.4 is 9.64 Å². The van der Waals surface area contributed by atoms with E-state index in [1.807, 2.05) is 24.3 Å². The fraction of sp³-hybridized carbons (Fsp3) is 0.217. The molecule has 0 bridgehead atoms. The Labute approximate surface area is 174 Å². The number of hydrogen-bond donors (Lipinski definition) is 1. The molecule has 7 heteroatoms. The number of halogens is 1. The van der Waals surface area contributed by atoms with E-state index in [1.165, 1.54) is 6.20 Å². The van der Waals surface area contributed by atoms with Gasteiger partial charge in [-0.2, -0.15) is 0 Å². The fourth-order valence-electron chi connectivity index (χ4n) is 3.67. The summed E-state index contributed by atoms with van der Waals surface area (Å²) in [6.07, 6.45) is 2.72. The largest absolute Gasteiger partial charge is 0.497 e. The molecule has 154 valence electrons. The number of hydrogen-bond acceptors (Lipinski definition) is 4. The predicted octanol–water partition coefficient (Wildman–Crippen LogP) is 3.70. The van der Waals surface area contributed by atoms with Crippen LogP contribution >= 0.6 is 0 Å². The molecule has 2 amide bonds. The molecule has 3 aromatic rings. The molecule has 6 nitrogen and oxygen atoms in total. The maximum absolute atomic E-state index is 14.0. The van der Waals surface area contributed by atoms with Crippen molar-refractivity contribution >= 4 is 11.7 Å². The average molecular weight is 407 g/mol. The number of aliphatic hydroxyl groups excluding tert-OH is 1. The molecule has 4 rings (SSSR count). The Bertz CT molecular complexity index is 1040. The van der Waals surface area contributed by atoms with Crippen LogP contribution in [0.4, 0.5) is 14.9 Å². The van der Waals surface area contributed by atoms with Gasteiger partial charge in [-0.05, 0) is 41.5 Å². The van der Waals surface area contributed by atoms with Crippen LogP contribution in [0.1, 0.15) is 5.56 Å². The summed E-state index contributed by atoms with van der Waals surface area (Å²) in [5.41, 5.74) is 2.78. The Morgan fingerprint density at radius 1 is 1.20 bits per heavy atom. The molecule has 1 saturated heterocycles. The Kier molecular flexibility index (Phi) is 5.63. The summed E-state index contributed by atoms with van der Waals surface area (Å²) in [6.45, 7) is 0.618. The highest BCUT2D eigenvalue weighted by Crippen LogP contribution is 2.29. The van der Waals surface area contributed by atoms with Gasteiger partial charge >= 0.3 is 6.03 Å². The number of aromatic nitrogens is 1. The van der Waals surface area contributed by atoms with E-state index in [9.17, 15) is 14.3 Å². The van der Waals surface area contributed by atoms with Gasteiger partial charge in [0.25, 0.3) is 0 Å². The number of aliphatic hydroxyl groups is 1. The molecule has 0 aliphatic carbocycles. The smallest absolute Gasteiger partial charge is 0.325 e. The van der Waals surface area contributed by atoms with Gasteiger partial charge in [-0.25, -0.2) is 9.18 Å². The number of urea groups is 1. The van der Waals surface area contributed by atoms with Gasteiger partial charge in [0.15, 0.2) is 0 Å². The van der Waals surface area contributed by atoms with Crippen LogP contribution in [0.5, 0.6) is 5.75 Å². The lowest BCUT2D eigenvalue weighted by Gasteiger charge is -2.22. The lowest BCUT2D eigenvalue weighted by molar-refractivity contribution is 0.161. The van der Waals surface area contributed by atoms with E-state index in [1.54, 1.807) is 53.4 Å². The van der Waals surface area contributed by atoms with Crippen LogP contribution in [0, 0.1) is 5.82 Å². The summed E-state index contributed by atoms with van der Waals surface area (Å²) in [6, 6.07) is 15.8. The Morgan fingerprint density at radius 2 is 2.00 bits per heavy atom. The second-order valence-corrected chi connectivity index (χ2v) is 7.11. The number of benzene rings is 2. The van der Waals surface area contributed by atoms with E-state index >= 15 is 0 Å². The SMILES string of the molecule is COc1cccc(CN2C(=O)N(c3ccc(-c4ccncc4F)cc3)CC2CO)c1. The first kappa shape index (κ1) is 19.8. The zero-order valence-corrected chi connectivity index (χ0v) is 16.5. The topological polar surface area (TPSA) is 65.9 Å². The maximum Gasteiger partial charge on any atom is 0.325 e. The van der Waals surface area contributed by atoms with Crippen LogP contribution in [0.3, 0.4) is 0 Å². The summed E-state index contributed by atoms with van der Waals surface area (Å²) in [5, 5.41) is 9.83. The number of rotatable bonds is 6. The van der Waals surface area contributed by atoms with Gasteiger partial charge in [-0.1, -0.05) is 24.3 Å². The van der Waals surface area contributed by atoms with E-state index in [-0.39, 0.29) is 18.7 Å². The second kappa shape index (κ2) is 8.51. The van der Waals surface area contributed by atoms with Crippen LogP contribution in [-0.4, -0.2) is 47.3 Å². The quantitative estimate of drug-likeness (QED) is 0.677. The zero-order valence-electron chi connectivity index (χ0n) is 16.5. The Balaban J connectivity index is 1.55. The molecule has 30 heavy (non-hydrogen) atoms. The minimum absolute atomic E-state index is 0.132. The lowest BCUT2D eigenvalue weighted by Crippen LogP contribution is -2.36.